The van der Waals surface area contributed by atoms with E-state index in [2.05, 4.69) is 5.32 Å². The molecule has 0 bridgehead atoms. The predicted molar refractivity (Wildman–Crippen MR) is 83.7 cm³/mol. The molecule has 118 valence electrons. The van der Waals surface area contributed by atoms with Crippen LogP contribution in [0.15, 0.2) is 28.7 Å². The molecule has 0 aliphatic rings. The summed E-state index contributed by atoms with van der Waals surface area (Å²) in [5.41, 5.74) is 1.49. The van der Waals surface area contributed by atoms with Crippen molar-refractivity contribution in [3.05, 3.63) is 46.9 Å². The molecule has 0 unspecified atom stereocenters. The first-order chi connectivity index (χ1) is 10.5. The third-order valence-electron chi connectivity index (χ3n) is 3.50. The summed E-state index contributed by atoms with van der Waals surface area (Å²) >= 11 is 0. The van der Waals surface area contributed by atoms with Crippen LogP contribution < -0.4 is 14.8 Å². The number of aryl methyl sites for hydroxylation is 2. The van der Waals surface area contributed by atoms with Gasteiger partial charge >= 0.3 is 0 Å². The molecule has 0 radical (unpaired) electrons. The van der Waals surface area contributed by atoms with E-state index >= 15 is 0 Å². The lowest BCUT2D eigenvalue weighted by molar-refractivity contribution is 0.0945. The summed E-state index contributed by atoms with van der Waals surface area (Å²) in [6.07, 6.45) is 0. The smallest absolute Gasteiger partial charge is 0.255 e. The average molecular weight is 303 g/mol. The molecule has 1 heterocycles. The van der Waals surface area contributed by atoms with Crippen molar-refractivity contribution in [2.75, 3.05) is 20.3 Å². The second-order valence-electron chi connectivity index (χ2n) is 4.99. The third kappa shape index (κ3) is 3.61. The van der Waals surface area contributed by atoms with Gasteiger partial charge in [0.2, 0.25) is 0 Å². The lowest BCUT2D eigenvalue weighted by Gasteiger charge is -2.08. The topological polar surface area (TPSA) is 60.7 Å². The highest BCUT2D eigenvalue weighted by atomic mass is 16.5. The standard InChI is InChI=1S/C17H21NO4/c1-11-12(2)22-13(3)16(11)17(19)18-9-10-21-15-7-5-14(20-4)6-8-15/h5-8H,9-10H2,1-4H3,(H,18,19). The maximum Gasteiger partial charge on any atom is 0.255 e. The summed E-state index contributed by atoms with van der Waals surface area (Å²) in [6.45, 7) is 6.35. The first-order valence-corrected chi connectivity index (χ1v) is 7.14. The van der Waals surface area contributed by atoms with E-state index in [0.29, 0.717) is 24.5 Å². The van der Waals surface area contributed by atoms with E-state index < -0.39 is 0 Å². The minimum Gasteiger partial charge on any atom is -0.497 e. The van der Waals surface area contributed by atoms with E-state index in [1.807, 2.05) is 38.1 Å². The number of nitrogens with one attached hydrogen (secondary N) is 1. The van der Waals surface area contributed by atoms with Crippen LogP contribution >= 0.6 is 0 Å². The zero-order valence-corrected chi connectivity index (χ0v) is 13.4. The van der Waals surface area contributed by atoms with Gasteiger partial charge in [-0.15, -0.1) is 0 Å². The van der Waals surface area contributed by atoms with Crippen molar-refractivity contribution in [1.29, 1.82) is 0 Å². The highest BCUT2D eigenvalue weighted by Gasteiger charge is 2.17. The van der Waals surface area contributed by atoms with Crippen molar-refractivity contribution in [2.24, 2.45) is 0 Å². The van der Waals surface area contributed by atoms with Crippen molar-refractivity contribution in [3.8, 4) is 11.5 Å². The van der Waals surface area contributed by atoms with Gasteiger partial charge in [-0.05, 0) is 45.0 Å². The van der Waals surface area contributed by atoms with Crippen LogP contribution in [-0.2, 0) is 0 Å². The fraction of sp³-hybridized carbons (Fsp3) is 0.353. The minimum absolute atomic E-state index is 0.134. The molecule has 2 rings (SSSR count). The minimum atomic E-state index is -0.134. The SMILES string of the molecule is COc1ccc(OCCNC(=O)c2c(C)oc(C)c2C)cc1. The summed E-state index contributed by atoms with van der Waals surface area (Å²) in [5, 5.41) is 2.84. The Morgan fingerprint density at radius 2 is 1.73 bits per heavy atom. The number of hydrogen-bond acceptors (Lipinski definition) is 4. The number of carbonyl (C=O) groups is 1. The molecule has 1 amide bonds. The van der Waals surface area contributed by atoms with E-state index in [0.717, 1.165) is 22.8 Å². The fourth-order valence-corrected chi connectivity index (χ4v) is 2.22. The van der Waals surface area contributed by atoms with Gasteiger partial charge in [-0.2, -0.15) is 0 Å². The predicted octanol–water partition coefficient (Wildman–Crippen LogP) is 3.02. The third-order valence-corrected chi connectivity index (χ3v) is 3.50. The maximum atomic E-state index is 12.2. The van der Waals surface area contributed by atoms with Gasteiger partial charge < -0.3 is 19.2 Å². The molecule has 0 fully saturated rings. The fourth-order valence-electron chi connectivity index (χ4n) is 2.22. The van der Waals surface area contributed by atoms with Gasteiger partial charge in [-0.3, -0.25) is 4.79 Å². The molecule has 0 spiro atoms. The quantitative estimate of drug-likeness (QED) is 0.833. The molecule has 22 heavy (non-hydrogen) atoms. The van der Waals surface area contributed by atoms with Crippen LogP contribution in [0.5, 0.6) is 11.5 Å². The van der Waals surface area contributed by atoms with Gasteiger partial charge in [0, 0.05) is 5.56 Å². The first-order valence-electron chi connectivity index (χ1n) is 7.14. The molecule has 0 aliphatic heterocycles. The molecule has 2 aromatic rings. The number of hydrogen-bond donors (Lipinski definition) is 1. The molecule has 1 N–H and O–H groups in total. The summed E-state index contributed by atoms with van der Waals surface area (Å²) < 4.78 is 16.1. The molecule has 1 aromatic heterocycles. The zero-order chi connectivity index (χ0) is 16.1. The largest absolute Gasteiger partial charge is 0.497 e. The summed E-state index contributed by atoms with van der Waals surface area (Å²) in [6, 6.07) is 7.31. The Kier molecular flexibility index (Phi) is 5.09. The van der Waals surface area contributed by atoms with E-state index in [9.17, 15) is 4.79 Å². The van der Waals surface area contributed by atoms with Crippen molar-refractivity contribution in [2.45, 2.75) is 20.8 Å². The molecule has 1 aromatic carbocycles. The van der Waals surface area contributed by atoms with Gasteiger partial charge in [-0.1, -0.05) is 0 Å². The van der Waals surface area contributed by atoms with Crippen LogP contribution in [0.3, 0.4) is 0 Å². The zero-order valence-electron chi connectivity index (χ0n) is 13.4. The van der Waals surface area contributed by atoms with Gasteiger partial charge in [-0.25, -0.2) is 0 Å². The molecule has 0 saturated carbocycles. The lowest BCUT2D eigenvalue weighted by atomic mass is 10.1. The van der Waals surface area contributed by atoms with Crippen LogP contribution in [-0.4, -0.2) is 26.2 Å². The molecular formula is C17H21NO4. The highest BCUT2D eigenvalue weighted by Crippen LogP contribution is 2.20. The molecular weight excluding hydrogens is 282 g/mol. The van der Waals surface area contributed by atoms with Crippen LogP contribution in [0.25, 0.3) is 0 Å². The van der Waals surface area contributed by atoms with Crippen LogP contribution in [0, 0.1) is 20.8 Å². The van der Waals surface area contributed by atoms with Gasteiger partial charge in [0.15, 0.2) is 0 Å². The van der Waals surface area contributed by atoms with Crippen LogP contribution in [0.2, 0.25) is 0 Å². The number of ether oxygens (including phenoxy) is 2. The maximum absolute atomic E-state index is 12.2. The van der Waals surface area contributed by atoms with Crippen LogP contribution in [0.4, 0.5) is 0 Å². The van der Waals surface area contributed by atoms with E-state index in [1.165, 1.54) is 0 Å². The second kappa shape index (κ2) is 7.02. The van der Waals surface area contributed by atoms with Crippen molar-refractivity contribution in [1.82, 2.24) is 5.32 Å². The van der Waals surface area contributed by atoms with Crippen LogP contribution in [0.1, 0.15) is 27.4 Å². The summed E-state index contributed by atoms with van der Waals surface area (Å²) in [4.78, 5) is 12.2. The van der Waals surface area contributed by atoms with Crippen molar-refractivity contribution < 1.29 is 18.7 Å². The van der Waals surface area contributed by atoms with Crippen molar-refractivity contribution >= 4 is 5.91 Å². The Balaban J connectivity index is 1.82. The monoisotopic (exact) mass is 303 g/mol. The Morgan fingerprint density at radius 3 is 2.27 bits per heavy atom. The van der Waals surface area contributed by atoms with E-state index in [-0.39, 0.29) is 5.91 Å². The Bertz CT molecular complexity index is 643. The van der Waals surface area contributed by atoms with Crippen molar-refractivity contribution in [3.63, 3.8) is 0 Å². The van der Waals surface area contributed by atoms with Gasteiger partial charge in [0.05, 0.1) is 19.2 Å². The van der Waals surface area contributed by atoms with E-state index in [1.54, 1.807) is 14.0 Å². The Labute approximate surface area is 130 Å². The first kappa shape index (κ1) is 15.9. The molecule has 5 heteroatoms. The molecule has 0 atom stereocenters. The number of amides is 1. The Morgan fingerprint density at radius 1 is 1.09 bits per heavy atom. The number of rotatable bonds is 6. The number of carbonyl (C=O) groups excluding carboxylic acids is 1. The summed E-state index contributed by atoms with van der Waals surface area (Å²) in [7, 11) is 1.62. The average Bonchev–Trinajstić information content (AvgIpc) is 2.77. The highest BCUT2D eigenvalue weighted by molar-refractivity contribution is 5.96. The normalized spacial score (nSPS) is 10.4. The Hall–Kier alpha value is -2.43. The number of benzene rings is 1. The molecule has 5 nitrogen and oxygen atoms in total. The molecule has 0 saturated heterocycles. The number of methoxy groups -OCH3 is 1. The van der Waals surface area contributed by atoms with Gasteiger partial charge in [0.1, 0.15) is 29.6 Å². The van der Waals surface area contributed by atoms with E-state index in [4.69, 9.17) is 13.9 Å². The second-order valence-corrected chi connectivity index (χ2v) is 4.99. The lowest BCUT2D eigenvalue weighted by Crippen LogP contribution is -2.28. The van der Waals surface area contributed by atoms with Gasteiger partial charge in [0.25, 0.3) is 5.91 Å². The summed E-state index contributed by atoms with van der Waals surface area (Å²) in [5.74, 6) is 2.80. The molecule has 0 aliphatic carbocycles. The number of furan rings is 1.